The first-order chi connectivity index (χ1) is 9.47. The highest BCUT2D eigenvalue weighted by Gasteiger charge is 2.10. The lowest BCUT2D eigenvalue weighted by Crippen LogP contribution is -2.02. The number of carboxylic acid groups (broad SMARTS) is 1. The second-order valence-corrected chi connectivity index (χ2v) is 4.85. The maximum Gasteiger partial charge on any atom is 0.337 e. The lowest BCUT2D eigenvalue weighted by atomic mass is 10.2. The lowest BCUT2D eigenvalue weighted by Gasteiger charge is -2.08. The Hall–Kier alpha value is -2.38. The van der Waals surface area contributed by atoms with Crippen LogP contribution in [0.25, 0.3) is 0 Å². The van der Waals surface area contributed by atoms with E-state index in [2.05, 4.69) is 0 Å². The Morgan fingerprint density at radius 1 is 1.10 bits per heavy atom. The predicted molar refractivity (Wildman–Crippen MR) is 73.4 cm³/mol. The molecule has 0 radical (unpaired) electrons. The summed E-state index contributed by atoms with van der Waals surface area (Å²) in [5, 5.41) is 8.96. The van der Waals surface area contributed by atoms with E-state index in [4.69, 9.17) is 20.1 Å². The molecule has 6 nitrogen and oxygen atoms in total. The Morgan fingerprint density at radius 3 is 2.25 bits per heavy atom. The van der Waals surface area contributed by atoms with Gasteiger partial charge >= 0.3 is 5.97 Å². The van der Waals surface area contributed by atoms with Crippen LogP contribution in [-0.4, -0.2) is 19.8 Å². The minimum atomic E-state index is -2.05. The SMILES string of the molecule is Nc1ccc(Oc2ccc(S(=O)O)cc2)cc1C(=O)O. The van der Waals surface area contributed by atoms with Crippen LogP contribution in [0.3, 0.4) is 0 Å². The van der Waals surface area contributed by atoms with Crippen molar-refractivity contribution < 1.29 is 23.4 Å². The molecule has 0 aliphatic carbocycles. The Kier molecular flexibility index (Phi) is 4.02. The first-order valence-corrected chi connectivity index (χ1v) is 6.59. The van der Waals surface area contributed by atoms with Crippen LogP contribution in [0.5, 0.6) is 11.5 Å². The molecule has 104 valence electrons. The maximum atomic E-state index is 10.9. The van der Waals surface area contributed by atoms with Gasteiger partial charge in [0.25, 0.3) is 0 Å². The fraction of sp³-hybridized carbons (Fsp3) is 0. The molecule has 0 saturated carbocycles. The number of ether oxygens (including phenoxy) is 1. The quantitative estimate of drug-likeness (QED) is 0.589. The molecule has 20 heavy (non-hydrogen) atoms. The molecule has 0 aliphatic heterocycles. The smallest absolute Gasteiger partial charge is 0.337 e. The molecule has 2 aromatic carbocycles. The lowest BCUT2D eigenvalue weighted by molar-refractivity contribution is 0.0697. The number of hydrogen-bond donors (Lipinski definition) is 3. The monoisotopic (exact) mass is 293 g/mol. The molecule has 7 heteroatoms. The van der Waals surface area contributed by atoms with E-state index in [-0.39, 0.29) is 16.1 Å². The Balaban J connectivity index is 2.23. The molecule has 1 unspecified atom stereocenters. The summed E-state index contributed by atoms with van der Waals surface area (Å²) in [6, 6.07) is 10.2. The molecule has 0 aromatic heterocycles. The molecule has 0 aliphatic rings. The van der Waals surface area contributed by atoms with E-state index in [1.165, 1.54) is 36.4 Å². The van der Waals surface area contributed by atoms with Crippen molar-refractivity contribution in [2.75, 3.05) is 5.73 Å². The van der Waals surface area contributed by atoms with Gasteiger partial charge in [0.2, 0.25) is 0 Å². The van der Waals surface area contributed by atoms with Crippen LogP contribution >= 0.6 is 0 Å². The van der Waals surface area contributed by atoms with Gasteiger partial charge in [-0.25, -0.2) is 9.00 Å². The molecule has 0 spiro atoms. The van der Waals surface area contributed by atoms with Crippen molar-refractivity contribution in [3.63, 3.8) is 0 Å². The van der Waals surface area contributed by atoms with Crippen molar-refractivity contribution in [2.24, 2.45) is 0 Å². The van der Waals surface area contributed by atoms with Crippen LogP contribution in [0.15, 0.2) is 47.4 Å². The maximum absolute atomic E-state index is 10.9. The average molecular weight is 293 g/mol. The molecule has 1 atom stereocenters. The number of rotatable bonds is 4. The molecule has 0 bridgehead atoms. The molecule has 4 N–H and O–H groups in total. The Labute approximate surface area is 117 Å². The number of nitrogen functional groups attached to an aromatic ring is 1. The largest absolute Gasteiger partial charge is 0.478 e. The molecular formula is C13H11NO5S. The molecule has 0 amide bonds. The van der Waals surface area contributed by atoms with Gasteiger partial charge in [0, 0.05) is 5.69 Å². The number of anilines is 1. The van der Waals surface area contributed by atoms with Crippen LogP contribution in [0.2, 0.25) is 0 Å². The highest BCUT2D eigenvalue weighted by molar-refractivity contribution is 7.79. The zero-order chi connectivity index (χ0) is 14.7. The second-order valence-electron chi connectivity index (χ2n) is 3.88. The molecule has 2 rings (SSSR count). The molecule has 2 aromatic rings. The fourth-order valence-corrected chi connectivity index (χ4v) is 1.91. The van der Waals surface area contributed by atoms with Crippen LogP contribution in [0.1, 0.15) is 10.4 Å². The van der Waals surface area contributed by atoms with Crippen molar-refractivity contribution in [1.29, 1.82) is 0 Å². The first-order valence-electron chi connectivity index (χ1n) is 5.49. The summed E-state index contributed by atoms with van der Waals surface area (Å²) in [4.78, 5) is 11.2. The van der Waals surface area contributed by atoms with E-state index in [0.717, 1.165) is 0 Å². The number of nitrogens with two attached hydrogens (primary N) is 1. The van der Waals surface area contributed by atoms with Gasteiger partial charge in [0.15, 0.2) is 11.1 Å². The molecular weight excluding hydrogens is 282 g/mol. The third kappa shape index (κ3) is 3.14. The van der Waals surface area contributed by atoms with Gasteiger partial charge in [-0.2, -0.15) is 0 Å². The predicted octanol–water partition coefficient (Wildman–Crippen LogP) is 2.34. The van der Waals surface area contributed by atoms with Crippen molar-refractivity contribution in [1.82, 2.24) is 0 Å². The number of benzene rings is 2. The number of aromatic carboxylic acids is 1. The van der Waals surface area contributed by atoms with Crippen molar-refractivity contribution >= 4 is 22.7 Å². The van der Waals surface area contributed by atoms with Crippen LogP contribution in [0, 0.1) is 0 Å². The highest BCUT2D eigenvalue weighted by atomic mass is 32.2. The van der Waals surface area contributed by atoms with Crippen LogP contribution in [-0.2, 0) is 11.1 Å². The summed E-state index contributed by atoms with van der Waals surface area (Å²) in [5.41, 5.74) is 5.64. The van der Waals surface area contributed by atoms with Crippen molar-refractivity contribution in [3.8, 4) is 11.5 Å². The van der Waals surface area contributed by atoms with Crippen LogP contribution in [0.4, 0.5) is 5.69 Å². The van der Waals surface area contributed by atoms with E-state index in [0.29, 0.717) is 11.5 Å². The zero-order valence-electron chi connectivity index (χ0n) is 10.1. The summed E-state index contributed by atoms with van der Waals surface area (Å²) in [6.07, 6.45) is 0. The summed E-state index contributed by atoms with van der Waals surface area (Å²) in [6.45, 7) is 0. The Morgan fingerprint density at radius 2 is 1.70 bits per heavy atom. The molecule has 0 saturated heterocycles. The van der Waals surface area contributed by atoms with Gasteiger partial charge in [-0.1, -0.05) is 0 Å². The first kappa shape index (κ1) is 14.0. The van der Waals surface area contributed by atoms with Gasteiger partial charge in [0.1, 0.15) is 11.5 Å². The van der Waals surface area contributed by atoms with Crippen molar-refractivity contribution in [2.45, 2.75) is 4.90 Å². The van der Waals surface area contributed by atoms with Gasteiger partial charge in [0.05, 0.1) is 10.5 Å². The number of carboxylic acids is 1. The third-order valence-corrected chi connectivity index (χ3v) is 3.19. The van der Waals surface area contributed by atoms with E-state index >= 15 is 0 Å². The van der Waals surface area contributed by atoms with Gasteiger partial charge < -0.3 is 20.1 Å². The zero-order valence-corrected chi connectivity index (χ0v) is 11.0. The molecule has 0 fully saturated rings. The van der Waals surface area contributed by atoms with Gasteiger partial charge in [-0.3, -0.25) is 0 Å². The standard InChI is InChI=1S/C13H11NO5S/c14-12-6-3-9(7-11(12)13(15)16)19-8-1-4-10(5-2-8)20(17)18/h1-7H,14H2,(H,15,16)(H,17,18). The summed E-state index contributed by atoms with van der Waals surface area (Å²) in [7, 11) is 0. The average Bonchev–Trinajstić information content (AvgIpc) is 2.41. The highest BCUT2D eigenvalue weighted by Crippen LogP contribution is 2.25. The summed E-state index contributed by atoms with van der Waals surface area (Å²) < 4.78 is 25.2. The van der Waals surface area contributed by atoms with E-state index < -0.39 is 17.0 Å². The van der Waals surface area contributed by atoms with Crippen molar-refractivity contribution in [3.05, 3.63) is 48.0 Å². The summed E-state index contributed by atoms with van der Waals surface area (Å²) >= 11 is -2.05. The minimum Gasteiger partial charge on any atom is -0.478 e. The number of hydrogen-bond acceptors (Lipinski definition) is 4. The van der Waals surface area contributed by atoms with E-state index in [9.17, 15) is 9.00 Å². The van der Waals surface area contributed by atoms with Gasteiger partial charge in [-0.15, -0.1) is 0 Å². The normalized spacial score (nSPS) is 11.8. The van der Waals surface area contributed by atoms with E-state index in [1.54, 1.807) is 6.07 Å². The van der Waals surface area contributed by atoms with E-state index in [1.807, 2.05) is 0 Å². The molecule has 0 heterocycles. The fourth-order valence-electron chi connectivity index (χ4n) is 1.54. The van der Waals surface area contributed by atoms with Crippen LogP contribution < -0.4 is 10.5 Å². The second kappa shape index (κ2) is 5.72. The number of carbonyl (C=O) groups is 1. The topological polar surface area (TPSA) is 110 Å². The Bertz CT molecular complexity index is 669. The third-order valence-electron chi connectivity index (χ3n) is 2.52. The van der Waals surface area contributed by atoms with Gasteiger partial charge in [-0.05, 0) is 42.5 Å². The minimum absolute atomic E-state index is 0.0458. The summed E-state index contributed by atoms with van der Waals surface area (Å²) in [5.74, 6) is -0.409.